The number of anilines is 1. The van der Waals surface area contributed by atoms with Crippen molar-refractivity contribution in [2.75, 3.05) is 5.32 Å². The molecule has 1 aromatic rings. The van der Waals surface area contributed by atoms with Crippen LogP contribution in [0.1, 0.15) is 50.5 Å². The molecule has 1 aromatic heterocycles. The van der Waals surface area contributed by atoms with Gasteiger partial charge in [0, 0.05) is 17.7 Å². The molecule has 5 nitrogen and oxygen atoms in total. The highest BCUT2D eigenvalue weighted by atomic mass is 16.4. The summed E-state index contributed by atoms with van der Waals surface area (Å²) in [7, 11) is 0. The standard InChI is InChI=1S/C14H21N3O2/c1-8(2)6-11(14(18)19)16-12-7-9(3)15-13(17-12)10-4-5-10/h7-8,10-11H,4-6H2,1-3H3,(H,18,19)(H,15,16,17)/t11-/m1/s1. The highest BCUT2D eigenvalue weighted by Crippen LogP contribution is 2.38. The first-order chi connectivity index (χ1) is 8.95. The van der Waals surface area contributed by atoms with E-state index in [1.807, 2.05) is 26.8 Å². The van der Waals surface area contributed by atoms with Gasteiger partial charge in [0.2, 0.25) is 0 Å². The van der Waals surface area contributed by atoms with Crippen molar-refractivity contribution >= 4 is 11.8 Å². The Kier molecular flexibility index (Phi) is 4.02. The molecule has 0 spiro atoms. The van der Waals surface area contributed by atoms with Crippen molar-refractivity contribution in [1.29, 1.82) is 0 Å². The van der Waals surface area contributed by atoms with Crippen LogP contribution in [-0.2, 0) is 4.79 Å². The first-order valence-electron chi connectivity index (χ1n) is 6.80. The summed E-state index contributed by atoms with van der Waals surface area (Å²) in [6.45, 7) is 5.94. The molecule has 1 heterocycles. The van der Waals surface area contributed by atoms with Crippen LogP contribution in [0.15, 0.2) is 6.07 Å². The van der Waals surface area contributed by atoms with Gasteiger partial charge in [-0.2, -0.15) is 0 Å². The minimum absolute atomic E-state index is 0.319. The number of hydrogen-bond donors (Lipinski definition) is 2. The molecule has 2 rings (SSSR count). The normalized spacial score (nSPS) is 16.4. The summed E-state index contributed by atoms with van der Waals surface area (Å²) in [6, 6.07) is 1.21. The molecule has 1 aliphatic carbocycles. The molecule has 0 radical (unpaired) electrons. The molecule has 1 atom stereocenters. The molecule has 104 valence electrons. The maximum atomic E-state index is 11.2. The van der Waals surface area contributed by atoms with Gasteiger partial charge in [0.1, 0.15) is 17.7 Å². The van der Waals surface area contributed by atoms with E-state index in [1.54, 1.807) is 0 Å². The van der Waals surface area contributed by atoms with E-state index in [-0.39, 0.29) is 0 Å². The summed E-state index contributed by atoms with van der Waals surface area (Å²) in [5.74, 6) is 1.42. The van der Waals surface area contributed by atoms with Gasteiger partial charge in [0.25, 0.3) is 0 Å². The van der Waals surface area contributed by atoms with Crippen LogP contribution < -0.4 is 5.32 Å². The molecule has 0 saturated heterocycles. The van der Waals surface area contributed by atoms with Crippen molar-refractivity contribution in [2.45, 2.75) is 52.0 Å². The van der Waals surface area contributed by atoms with Crippen LogP contribution in [0.4, 0.5) is 5.82 Å². The number of aryl methyl sites for hydroxylation is 1. The number of carbonyl (C=O) groups is 1. The molecule has 0 aromatic carbocycles. The van der Waals surface area contributed by atoms with Crippen LogP contribution in [0.5, 0.6) is 0 Å². The molecule has 5 heteroatoms. The number of nitrogens with zero attached hydrogens (tertiary/aromatic N) is 2. The van der Waals surface area contributed by atoms with E-state index >= 15 is 0 Å². The zero-order chi connectivity index (χ0) is 14.0. The summed E-state index contributed by atoms with van der Waals surface area (Å²) in [4.78, 5) is 20.1. The van der Waals surface area contributed by atoms with E-state index in [4.69, 9.17) is 0 Å². The smallest absolute Gasteiger partial charge is 0.326 e. The summed E-state index contributed by atoms with van der Waals surface area (Å²) in [5, 5.41) is 12.3. The van der Waals surface area contributed by atoms with E-state index in [0.29, 0.717) is 24.1 Å². The summed E-state index contributed by atoms with van der Waals surface area (Å²) in [6.07, 6.45) is 2.85. The van der Waals surface area contributed by atoms with Crippen molar-refractivity contribution in [1.82, 2.24) is 9.97 Å². The molecular weight excluding hydrogens is 242 g/mol. The summed E-state index contributed by atoms with van der Waals surface area (Å²) >= 11 is 0. The topological polar surface area (TPSA) is 75.1 Å². The molecule has 0 bridgehead atoms. The van der Waals surface area contributed by atoms with Gasteiger partial charge in [-0.3, -0.25) is 0 Å². The lowest BCUT2D eigenvalue weighted by Gasteiger charge is -2.17. The Morgan fingerprint density at radius 1 is 1.47 bits per heavy atom. The summed E-state index contributed by atoms with van der Waals surface area (Å²) < 4.78 is 0. The first kappa shape index (κ1) is 13.8. The number of aromatic nitrogens is 2. The van der Waals surface area contributed by atoms with Gasteiger partial charge in [0.15, 0.2) is 0 Å². The lowest BCUT2D eigenvalue weighted by molar-refractivity contribution is -0.138. The van der Waals surface area contributed by atoms with Crippen LogP contribution in [-0.4, -0.2) is 27.1 Å². The fraction of sp³-hybridized carbons (Fsp3) is 0.643. The highest BCUT2D eigenvalue weighted by molar-refractivity contribution is 5.76. The quantitative estimate of drug-likeness (QED) is 0.825. The largest absolute Gasteiger partial charge is 0.480 e. The Morgan fingerprint density at radius 3 is 2.68 bits per heavy atom. The predicted molar refractivity (Wildman–Crippen MR) is 73.2 cm³/mol. The van der Waals surface area contributed by atoms with Gasteiger partial charge in [-0.25, -0.2) is 14.8 Å². The third kappa shape index (κ3) is 3.91. The number of nitrogens with one attached hydrogen (secondary N) is 1. The van der Waals surface area contributed by atoms with Gasteiger partial charge < -0.3 is 10.4 Å². The van der Waals surface area contributed by atoms with Crippen molar-refractivity contribution in [3.63, 3.8) is 0 Å². The average Bonchev–Trinajstić information content (AvgIpc) is 3.10. The minimum Gasteiger partial charge on any atom is -0.480 e. The number of carboxylic acid groups (broad SMARTS) is 1. The molecule has 19 heavy (non-hydrogen) atoms. The van der Waals surface area contributed by atoms with Crippen LogP contribution in [0.3, 0.4) is 0 Å². The minimum atomic E-state index is -0.835. The number of rotatable bonds is 6. The zero-order valence-electron chi connectivity index (χ0n) is 11.7. The average molecular weight is 263 g/mol. The Hall–Kier alpha value is -1.65. The van der Waals surface area contributed by atoms with Crippen LogP contribution >= 0.6 is 0 Å². The Balaban J connectivity index is 2.13. The van der Waals surface area contributed by atoms with E-state index in [9.17, 15) is 9.90 Å². The molecular formula is C14H21N3O2. The number of aliphatic carboxylic acids is 1. The molecule has 0 amide bonds. The Bertz CT molecular complexity index is 470. The second-order valence-electron chi connectivity index (χ2n) is 5.69. The zero-order valence-corrected chi connectivity index (χ0v) is 11.7. The second kappa shape index (κ2) is 5.55. The maximum absolute atomic E-state index is 11.2. The van der Waals surface area contributed by atoms with E-state index in [1.165, 1.54) is 0 Å². The van der Waals surface area contributed by atoms with Crippen molar-refractivity contribution < 1.29 is 9.90 Å². The molecule has 1 fully saturated rings. The van der Waals surface area contributed by atoms with E-state index < -0.39 is 12.0 Å². The van der Waals surface area contributed by atoms with Crippen LogP contribution in [0, 0.1) is 12.8 Å². The monoisotopic (exact) mass is 263 g/mol. The Labute approximate surface area is 113 Å². The maximum Gasteiger partial charge on any atom is 0.326 e. The Morgan fingerprint density at radius 2 is 2.16 bits per heavy atom. The van der Waals surface area contributed by atoms with Crippen LogP contribution in [0.2, 0.25) is 0 Å². The molecule has 2 N–H and O–H groups in total. The fourth-order valence-corrected chi connectivity index (χ4v) is 2.06. The molecule has 0 unspecified atom stereocenters. The van der Waals surface area contributed by atoms with Gasteiger partial charge in [-0.15, -0.1) is 0 Å². The van der Waals surface area contributed by atoms with Gasteiger partial charge >= 0.3 is 5.97 Å². The molecule has 1 saturated carbocycles. The molecule has 0 aliphatic heterocycles. The van der Waals surface area contributed by atoms with Crippen LogP contribution in [0.25, 0.3) is 0 Å². The highest BCUT2D eigenvalue weighted by Gasteiger charge is 2.27. The second-order valence-corrected chi connectivity index (χ2v) is 5.69. The third-order valence-electron chi connectivity index (χ3n) is 3.14. The van der Waals surface area contributed by atoms with Gasteiger partial charge in [0.05, 0.1) is 0 Å². The predicted octanol–water partition coefficient (Wildman–Crippen LogP) is 2.57. The summed E-state index contributed by atoms with van der Waals surface area (Å²) in [5.41, 5.74) is 0.882. The number of carboxylic acids is 1. The van der Waals surface area contributed by atoms with Gasteiger partial charge in [-0.05, 0) is 32.1 Å². The van der Waals surface area contributed by atoms with Crippen molar-refractivity contribution in [3.05, 3.63) is 17.6 Å². The van der Waals surface area contributed by atoms with Crippen molar-refractivity contribution in [2.24, 2.45) is 5.92 Å². The lowest BCUT2D eigenvalue weighted by atomic mass is 10.0. The third-order valence-corrected chi connectivity index (χ3v) is 3.14. The van der Waals surface area contributed by atoms with Crippen molar-refractivity contribution in [3.8, 4) is 0 Å². The fourth-order valence-electron chi connectivity index (χ4n) is 2.06. The van der Waals surface area contributed by atoms with Gasteiger partial charge in [-0.1, -0.05) is 13.8 Å². The van der Waals surface area contributed by atoms with E-state index in [2.05, 4.69) is 15.3 Å². The SMILES string of the molecule is Cc1cc(N[C@H](CC(C)C)C(=O)O)nc(C2CC2)n1. The lowest BCUT2D eigenvalue weighted by Crippen LogP contribution is -2.31. The molecule has 1 aliphatic rings. The number of hydrogen-bond acceptors (Lipinski definition) is 4. The van der Waals surface area contributed by atoms with E-state index in [0.717, 1.165) is 24.4 Å². The first-order valence-corrected chi connectivity index (χ1v) is 6.80.